The Bertz CT molecular complexity index is 228. The number of piperidine rings is 2. The fourth-order valence-electron chi connectivity index (χ4n) is 3.98. The van der Waals surface area contributed by atoms with Crippen LogP contribution in [0.15, 0.2) is 0 Å². The molecule has 18 heavy (non-hydrogen) atoms. The maximum absolute atomic E-state index is 2.47. The quantitative estimate of drug-likeness (QED) is 0.498. The van der Waals surface area contributed by atoms with E-state index >= 15 is 0 Å². The van der Waals surface area contributed by atoms with E-state index < -0.39 is 0 Å². The molecule has 2 saturated heterocycles. The van der Waals surface area contributed by atoms with Crippen molar-refractivity contribution in [3.05, 3.63) is 0 Å². The van der Waals surface area contributed by atoms with Crippen LogP contribution in [0.3, 0.4) is 0 Å². The second-order valence-corrected chi connectivity index (χ2v) is 6.75. The van der Waals surface area contributed by atoms with Crippen LogP contribution in [0.5, 0.6) is 0 Å². The third-order valence-corrected chi connectivity index (χ3v) is 5.42. The lowest BCUT2D eigenvalue weighted by atomic mass is 9.97. The van der Waals surface area contributed by atoms with Crippen molar-refractivity contribution in [2.24, 2.45) is 0 Å². The van der Waals surface area contributed by atoms with E-state index in [0.29, 0.717) is 0 Å². The molecular weight excluding hydrogens is 222 g/mol. The number of nitrogens with one attached hydrogen (secondary N) is 3. The SMILES string of the molecule is CCC[NH+]1CCC([NH+](C)C2CC[NH+](C)CC2)CC1. The molecule has 2 rings (SSSR count). The van der Waals surface area contributed by atoms with E-state index in [1.165, 1.54) is 64.8 Å². The van der Waals surface area contributed by atoms with Crippen LogP contribution in [0.2, 0.25) is 0 Å². The van der Waals surface area contributed by atoms with Gasteiger partial charge in [0.25, 0.3) is 0 Å². The van der Waals surface area contributed by atoms with E-state index in [2.05, 4.69) is 21.0 Å². The van der Waals surface area contributed by atoms with Crippen LogP contribution in [-0.2, 0) is 0 Å². The van der Waals surface area contributed by atoms with Crippen LogP contribution in [0.25, 0.3) is 0 Å². The maximum Gasteiger partial charge on any atom is 0.0983 e. The van der Waals surface area contributed by atoms with Crippen molar-refractivity contribution in [2.45, 2.75) is 51.1 Å². The third kappa shape index (κ3) is 3.69. The van der Waals surface area contributed by atoms with Crippen LogP contribution in [0.4, 0.5) is 0 Å². The van der Waals surface area contributed by atoms with Crippen LogP contribution in [0, 0.1) is 0 Å². The van der Waals surface area contributed by atoms with Gasteiger partial charge >= 0.3 is 0 Å². The van der Waals surface area contributed by atoms with Crippen molar-refractivity contribution < 1.29 is 14.7 Å². The van der Waals surface area contributed by atoms with Gasteiger partial charge in [0, 0.05) is 25.7 Å². The number of hydrogen-bond donors (Lipinski definition) is 3. The Balaban J connectivity index is 1.75. The van der Waals surface area contributed by atoms with Gasteiger partial charge in [0.2, 0.25) is 0 Å². The van der Waals surface area contributed by atoms with Crippen LogP contribution >= 0.6 is 0 Å². The normalized spacial score (nSPS) is 39.5. The molecule has 3 heteroatoms. The largest absolute Gasteiger partial charge is 0.337 e. The van der Waals surface area contributed by atoms with Crippen LogP contribution in [-0.4, -0.2) is 58.9 Å². The standard InChI is InChI=1S/C15H31N3/c1-4-9-18-12-7-15(8-13-18)17(3)14-5-10-16(2)11-6-14/h14-15H,4-13H2,1-3H3/p+3. The van der Waals surface area contributed by atoms with Gasteiger partial charge in [-0.05, 0) is 6.42 Å². The molecule has 2 aliphatic rings. The average molecular weight is 256 g/mol. The summed E-state index contributed by atoms with van der Waals surface area (Å²) in [5.41, 5.74) is 0. The fraction of sp³-hybridized carbons (Fsp3) is 1.00. The van der Waals surface area contributed by atoms with Gasteiger partial charge in [0.1, 0.15) is 0 Å². The molecule has 106 valence electrons. The Morgan fingerprint density at radius 1 is 0.944 bits per heavy atom. The third-order valence-electron chi connectivity index (χ3n) is 5.42. The Hall–Kier alpha value is -0.120. The zero-order chi connectivity index (χ0) is 13.0. The Morgan fingerprint density at radius 3 is 1.94 bits per heavy atom. The van der Waals surface area contributed by atoms with E-state index in [-0.39, 0.29) is 0 Å². The molecular formula is C15H34N3+3. The van der Waals surface area contributed by atoms with Crippen LogP contribution in [0.1, 0.15) is 39.0 Å². The van der Waals surface area contributed by atoms with Gasteiger partial charge in [0.15, 0.2) is 0 Å². The molecule has 3 N–H and O–H groups in total. The monoisotopic (exact) mass is 256 g/mol. The molecule has 0 aromatic carbocycles. The summed E-state index contributed by atoms with van der Waals surface area (Å²) in [5, 5.41) is 0. The molecule has 0 amide bonds. The zero-order valence-electron chi connectivity index (χ0n) is 12.7. The molecule has 0 aromatic rings. The lowest BCUT2D eigenvalue weighted by molar-refractivity contribution is -0.974. The molecule has 0 radical (unpaired) electrons. The van der Waals surface area contributed by atoms with Crippen molar-refractivity contribution in [3.8, 4) is 0 Å². The first-order chi connectivity index (χ1) is 8.70. The second-order valence-electron chi connectivity index (χ2n) is 6.75. The molecule has 3 nitrogen and oxygen atoms in total. The van der Waals surface area contributed by atoms with E-state index in [0.717, 1.165) is 12.1 Å². The molecule has 0 bridgehead atoms. The molecule has 0 aliphatic carbocycles. The van der Waals surface area contributed by atoms with Crippen molar-refractivity contribution in [3.63, 3.8) is 0 Å². The predicted molar refractivity (Wildman–Crippen MR) is 75.4 cm³/mol. The molecule has 0 saturated carbocycles. The minimum Gasteiger partial charge on any atom is -0.337 e. The van der Waals surface area contributed by atoms with Gasteiger partial charge in [0.05, 0.1) is 58.9 Å². The van der Waals surface area contributed by atoms with Crippen molar-refractivity contribution in [2.75, 3.05) is 46.8 Å². The number of hydrogen-bond acceptors (Lipinski definition) is 0. The Kier molecular flexibility index (Phi) is 5.46. The highest BCUT2D eigenvalue weighted by Crippen LogP contribution is 2.01. The van der Waals surface area contributed by atoms with Crippen LogP contribution < -0.4 is 14.7 Å². The highest BCUT2D eigenvalue weighted by atomic mass is 15.2. The summed E-state index contributed by atoms with van der Waals surface area (Å²) in [6.45, 7) is 9.34. The number of rotatable bonds is 4. The summed E-state index contributed by atoms with van der Waals surface area (Å²) in [6, 6.07) is 1.90. The summed E-state index contributed by atoms with van der Waals surface area (Å²) in [7, 11) is 4.82. The van der Waals surface area contributed by atoms with Crippen molar-refractivity contribution in [1.82, 2.24) is 0 Å². The molecule has 2 fully saturated rings. The summed E-state index contributed by atoms with van der Waals surface area (Å²) in [4.78, 5) is 5.45. The van der Waals surface area contributed by atoms with E-state index in [1.807, 2.05) is 9.80 Å². The molecule has 1 unspecified atom stereocenters. The van der Waals surface area contributed by atoms with Crippen molar-refractivity contribution in [1.29, 1.82) is 0 Å². The van der Waals surface area contributed by atoms with E-state index in [4.69, 9.17) is 0 Å². The number of likely N-dealkylation sites (tertiary alicyclic amines) is 2. The Morgan fingerprint density at radius 2 is 1.44 bits per heavy atom. The summed E-state index contributed by atoms with van der Waals surface area (Å²) < 4.78 is 0. The van der Waals surface area contributed by atoms with Gasteiger partial charge in [-0.2, -0.15) is 0 Å². The molecule has 1 atom stereocenters. The predicted octanol–water partition coefficient (Wildman–Crippen LogP) is -2.36. The summed E-state index contributed by atoms with van der Waals surface area (Å²) >= 11 is 0. The highest BCUT2D eigenvalue weighted by Gasteiger charge is 2.34. The Labute approximate surface area is 113 Å². The smallest absolute Gasteiger partial charge is 0.0983 e. The lowest BCUT2D eigenvalue weighted by Gasteiger charge is -2.38. The number of quaternary nitrogens is 3. The van der Waals surface area contributed by atoms with E-state index in [1.54, 1.807) is 4.90 Å². The first kappa shape index (κ1) is 14.3. The second kappa shape index (κ2) is 6.88. The molecule has 2 heterocycles. The zero-order valence-corrected chi connectivity index (χ0v) is 12.7. The first-order valence-electron chi connectivity index (χ1n) is 8.19. The van der Waals surface area contributed by atoms with Gasteiger partial charge in [-0.1, -0.05) is 6.92 Å². The molecule has 0 spiro atoms. The summed E-state index contributed by atoms with van der Waals surface area (Å²) in [6.07, 6.45) is 7.15. The van der Waals surface area contributed by atoms with E-state index in [9.17, 15) is 0 Å². The lowest BCUT2D eigenvalue weighted by Crippen LogP contribution is -3.23. The van der Waals surface area contributed by atoms with Gasteiger partial charge in [-0.15, -0.1) is 0 Å². The fourth-order valence-corrected chi connectivity index (χ4v) is 3.98. The van der Waals surface area contributed by atoms with Crippen molar-refractivity contribution >= 4 is 0 Å². The minimum absolute atomic E-state index is 0.950. The molecule has 0 aromatic heterocycles. The van der Waals surface area contributed by atoms with Gasteiger partial charge < -0.3 is 14.7 Å². The van der Waals surface area contributed by atoms with Gasteiger partial charge in [-0.25, -0.2) is 0 Å². The van der Waals surface area contributed by atoms with Gasteiger partial charge in [-0.3, -0.25) is 0 Å². The maximum atomic E-state index is 2.47. The highest BCUT2D eigenvalue weighted by molar-refractivity contribution is 4.65. The summed E-state index contributed by atoms with van der Waals surface area (Å²) in [5.74, 6) is 0. The topological polar surface area (TPSA) is 13.3 Å². The molecule has 2 aliphatic heterocycles. The average Bonchev–Trinajstić information content (AvgIpc) is 2.40. The minimum atomic E-state index is 0.950. The first-order valence-corrected chi connectivity index (χ1v) is 8.19.